The van der Waals surface area contributed by atoms with E-state index in [9.17, 15) is 5.11 Å². The lowest BCUT2D eigenvalue weighted by atomic mass is 9.78. The van der Waals surface area contributed by atoms with Crippen molar-refractivity contribution in [2.45, 2.75) is 51.1 Å². The Morgan fingerprint density at radius 1 is 1.20 bits per heavy atom. The van der Waals surface area contributed by atoms with Crippen molar-refractivity contribution in [3.8, 4) is 11.5 Å². The fourth-order valence-corrected chi connectivity index (χ4v) is 3.96. The van der Waals surface area contributed by atoms with Crippen molar-refractivity contribution in [3.63, 3.8) is 0 Å². The molecule has 2 fully saturated rings. The van der Waals surface area contributed by atoms with Gasteiger partial charge in [-0.1, -0.05) is 12.8 Å². The number of methoxy groups -OCH3 is 1. The number of aromatic hydroxyl groups is 1. The van der Waals surface area contributed by atoms with Crippen LogP contribution < -0.4 is 4.74 Å². The zero-order chi connectivity index (χ0) is 13.9. The summed E-state index contributed by atoms with van der Waals surface area (Å²) in [6.45, 7) is 2.02. The van der Waals surface area contributed by atoms with Crippen LogP contribution >= 0.6 is 0 Å². The third kappa shape index (κ3) is 2.78. The Balaban J connectivity index is 1.75. The SMILES string of the molecule is COc1ccc(O)c(CN2CCC[C@H]3CCCC[C@H]32)c1. The average molecular weight is 275 g/mol. The molecule has 1 aliphatic heterocycles. The highest BCUT2D eigenvalue weighted by atomic mass is 16.5. The van der Waals surface area contributed by atoms with Crippen LogP contribution in [0.15, 0.2) is 18.2 Å². The summed E-state index contributed by atoms with van der Waals surface area (Å²) < 4.78 is 5.28. The van der Waals surface area contributed by atoms with E-state index >= 15 is 0 Å². The summed E-state index contributed by atoms with van der Waals surface area (Å²) >= 11 is 0. The molecular weight excluding hydrogens is 250 g/mol. The van der Waals surface area contributed by atoms with Crippen LogP contribution in [0.2, 0.25) is 0 Å². The van der Waals surface area contributed by atoms with Gasteiger partial charge in [-0.2, -0.15) is 0 Å². The highest BCUT2D eigenvalue weighted by Crippen LogP contribution is 2.37. The Hall–Kier alpha value is -1.22. The van der Waals surface area contributed by atoms with Crippen LogP contribution in [0.4, 0.5) is 0 Å². The standard InChI is InChI=1S/C17H25NO2/c1-20-15-8-9-17(19)14(11-15)12-18-10-4-6-13-5-2-3-7-16(13)18/h8-9,11,13,16,19H,2-7,10,12H2,1H3/t13-,16-/m1/s1. The molecule has 1 aromatic rings. The lowest BCUT2D eigenvalue weighted by molar-refractivity contribution is 0.0541. The monoisotopic (exact) mass is 275 g/mol. The summed E-state index contributed by atoms with van der Waals surface area (Å²) in [7, 11) is 1.67. The third-order valence-corrected chi connectivity index (χ3v) is 5.02. The number of nitrogens with zero attached hydrogens (tertiary/aromatic N) is 1. The van der Waals surface area contributed by atoms with Crippen molar-refractivity contribution in [2.75, 3.05) is 13.7 Å². The van der Waals surface area contributed by atoms with Crippen LogP contribution in [0.3, 0.4) is 0 Å². The number of likely N-dealkylation sites (tertiary alicyclic amines) is 1. The molecule has 1 saturated carbocycles. The lowest BCUT2D eigenvalue weighted by Gasteiger charge is -2.44. The molecule has 0 unspecified atom stereocenters. The fourth-order valence-electron chi connectivity index (χ4n) is 3.96. The Labute approximate surface area is 121 Å². The van der Waals surface area contributed by atoms with Gasteiger partial charge in [0.15, 0.2) is 0 Å². The summed E-state index contributed by atoms with van der Waals surface area (Å²) in [5.41, 5.74) is 0.996. The molecule has 3 heteroatoms. The van der Waals surface area contributed by atoms with Crippen molar-refractivity contribution in [3.05, 3.63) is 23.8 Å². The average Bonchev–Trinajstić information content (AvgIpc) is 2.50. The molecule has 1 heterocycles. The van der Waals surface area contributed by atoms with Crippen LogP contribution in [0.5, 0.6) is 11.5 Å². The second kappa shape index (κ2) is 6.04. The van der Waals surface area contributed by atoms with Gasteiger partial charge < -0.3 is 9.84 Å². The minimum Gasteiger partial charge on any atom is -0.508 e. The van der Waals surface area contributed by atoms with E-state index in [0.29, 0.717) is 5.75 Å². The van der Waals surface area contributed by atoms with Crippen molar-refractivity contribution < 1.29 is 9.84 Å². The van der Waals surface area contributed by atoms with Gasteiger partial charge >= 0.3 is 0 Å². The molecule has 110 valence electrons. The highest BCUT2D eigenvalue weighted by molar-refractivity contribution is 5.39. The maximum Gasteiger partial charge on any atom is 0.120 e. The molecule has 0 spiro atoms. The molecule has 0 bridgehead atoms. The van der Waals surface area contributed by atoms with E-state index in [0.717, 1.165) is 36.4 Å². The van der Waals surface area contributed by atoms with Crippen LogP contribution in [-0.4, -0.2) is 29.7 Å². The number of phenolic OH excluding ortho intramolecular Hbond substituents is 1. The molecule has 1 aromatic carbocycles. The zero-order valence-electron chi connectivity index (χ0n) is 12.3. The van der Waals surface area contributed by atoms with E-state index in [1.165, 1.54) is 38.5 Å². The first-order valence-electron chi connectivity index (χ1n) is 7.88. The van der Waals surface area contributed by atoms with Gasteiger partial charge in [0.25, 0.3) is 0 Å². The molecule has 0 amide bonds. The first-order chi connectivity index (χ1) is 9.78. The maximum atomic E-state index is 10.1. The molecule has 0 aromatic heterocycles. The topological polar surface area (TPSA) is 32.7 Å². The molecule has 20 heavy (non-hydrogen) atoms. The van der Waals surface area contributed by atoms with Gasteiger partial charge in [0.2, 0.25) is 0 Å². The normalized spacial score (nSPS) is 27.1. The molecule has 3 rings (SSSR count). The van der Waals surface area contributed by atoms with Crippen LogP contribution in [0.1, 0.15) is 44.1 Å². The van der Waals surface area contributed by atoms with Crippen molar-refractivity contribution in [1.29, 1.82) is 0 Å². The van der Waals surface area contributed by atoms with Gasteiger partial charge in [-0.05, 0) is 56.3 Å². The van der Waals surface area contributed by atoms with Crippen molar-refractivity contribution in [1.82, 2.24) is 4.90 Å². The summed E-state index contributed by atoms with van der Waals surface area (Å²) in [5.74, 6) is 2.10. The van der Waals surface area contributed by atoms with Gasteiger partial charge in [-0.3, -0.25) is 4.90 Å². The molecule has 1 saturated heterocycles. The van der Waals surface area contributed by atoms with Crippen LogP contribution in [0.25, 0.3) is 0 Å². The Kier molecular flexibility index (Phi) is 4.16. The third-order valence-electron chi connectivity index (χ3n) is 5.02. The van der Waals surface area contributed by atoms with Gasteiger partial charge in [-0.15, -0.1) is 0 Å². The Bertz CT molecular complexity index is 458. The van der Waals surface area contributed by atoms with E-state index in [1.54, 1.807) is 13.2 Å². The number of benzene rings is 1. The lowest BCUT2D eigenvalue weighted by Crippen LogP contribution is -2.46. The second-order valence-corrected chi connectivity index (χ2v) is 6.22. The van der Waals surface area contributed by atoms with Crippen molar-refractivity contribution >= 4 is 0 Å². The molecule has 3 nitrogen and oxygen atoms in total. The van der Waals surface area contributed by atoms with E-state index in [-0.39, 0.29) is 0 Å². The number of ether oxygens (including phenoxy) is 1. The van der Waals surface area contributed by atoms with E-state index in [1.807, 2.05) is 12.1 Å². The number of piperidine rings is 1. The molecule has 2 atom stereocenters. The van der Waals surface area contributed by atoms with Gasteiger partial charge in [0.1, 0.15) is 11.5 Å². The molecular formula is C17H25NO2. The number of phenols is 1. The van der Waals surface area contributed by atoms with Gasteiger partial charge in [-0.25, -0.2) is 0 Å². The van der Waals surface area contributed by atoms with Gasteiger partial charge in [0.05, 0.1) is 7.11 Å². The smallest absolute Gasteiger partial charge is 0.120 e. The maximum absolute atomic E-state index is 10.1. The summed E-state index contributed by atoms with van der Waals surface area (Å²) in [5, 5.41) is 10.1. The Morgan fingerprint density at radius 3 is 2.85 bits per heavy atom. The number of fused-ring (bicyclic) bond motifs is 1. The van der Waals surface area contributed by atoms with Gasteiger partial charge in [0, 0.05) is 18.2 Å². The first kappa shape index (κ1) is 13.7. The van der Waals surface area contributed by atoms with E-state index in [4.69, 9.17) is 4.74 Å². The molecule has 1 aliphatic carbocycles. The number of hydrogen-bond acceptors (Lipinski definition) is 3. The quantitative estimate of drug-likeness (QED) is 0.915. The summed E-state index contributed by atoms with van der Waals surface area (Å²) in [4.78, 5) is 2.59. The van der Waals surface area contributed by atoms with Crippen molar-refractivity contribution in [2.24, 2.45) is 5.92 Å². The van der Waals surface area contributed by atoms with Crippen LogP contribution in [0, 0.1) is 5.92 Å². The Morgan fingerprint density at radius 2 is 2.00 bits per heavy atom. The number of hydrogen-bond donors (Lipinski definition) is 1. The minimum atomic E-state index is 0.392. The molecule has 1 N–H and O–H groups in total. The zero-order valence-corrected chi connectivity index (χ0v) is 12.3. The van der Waals surface area contributed by atoms with E-state index < -0.39 is 0 Å². The first-order valence-corrected chi connectivity index (χ1v) is 7.88. The summed E-state index contributed by atoms with van der Waals surface area (Å²) in [6, 6.07) is 6.26. The summed E-state index contributed by atoms with van der Waals surface area (Å²) in [6.07, 6.45) is 8.18. The predicted molar refractivity (Wildman–Crippen MR) is 80.0 cm³/mol. The van der Waals surface area contributed by atoms with E-state index in [2.05, 4.69) is 4.90 Å². The molecule has 0 radical (unpaired) electrons. The molecule has 2 aliphatic rings. The number of rotatable bonds is 3. The fraction of sp³-hybridized carbons (Fsp3) is 0.647. The van der Waals surface area contributed by atoms with Crippen LogP contribution in [-0.2, 0) is 6.54 Å². The minimum absolute atomic E-state index is 0.392. The second-order valence-electron chi connectivity index (χ2n) is 6.22. The predicted octanol–water partition coefficient (Wildman–Crippen LogP) is 3.56. The highest BCUT2D eigenvalue weighted by Gasteiger charge is 2.33. The largest absolute Gasteiger partial charge is 0.508 e.